The van der Waals surface area contributed by atoms with E-state index in [1.807, 2.05) is 6.26 Å². The van der Waals surface area contributed by atoms with Gasteiger partial charge in [-0.3, -0.25) is 4.79 Å². The third-order valence-corrected chi connectivity index (χ3v) is 3.80. The van der Waals surface area contributed by atoms with Crippen LogP contribution >= 0.6 is 23.1 Å². The second-order valence-corrected chi connectivity index (χ2v) is 5.46. The molecule has 6 heteroatoms. The zero-order valence-corrected chi connectivity index (χ0v) is 11.2. The summed E-state index contributed by atoms with van der Waals surface area (Å²) in [6.45, 7) is 2.06. The normalized spacial score (nSPS) is 12.4. The summed E-state index contributed by atoms with van der Waals surface area (Å²) in [6, 6.07) is -0.443. The Labute approximate surface area is 104 Å². The molecule has 1 aromatic rings. The number of thioether (sulfide) groups is 1. The highest BCUT2D eigenvalue weighted by Gasteiger charge is 2.14. The third kappa shape index (κ3) is 4.11. The van der Waals surface area contributed by atoms with Gasteiger partial charge in [-0.25, -0.2) is 4.98 Å². The largest absolute Gasteiger partial charge is 0.320 e. The van der Waals surface area contributed by atoms with Gasteiger partial charge in [-0.1, -0.05) is 6.92 Å². The molecule has 0 aliphatic rings. The summed E-state index contributed by atoms with van der Waals surface area (Å²) in [7, 11) is 0. The number of amides is 1. The first-order valence-corrected chi connectivity index (χ1v) is 7.38. The highest BCUT2D eigenvalue weighted by molar-refractivity contribution is 7.98. The van der Waals surface area contributed by atoms with E-state index in [4.69, 9.17) is 5.73 Å². The molecule has 90 valence electrons. The maximum Gasteiger partial charge on any atom is 0.243 e. The molecule has 0 bridgehead atoms. The van der Waals surface area contributed by atoms with E-state index in [9.17, 15) is 4.79 Å². The lowest BCUT2D eigenvalue weighted by Crippen LogP contribution is -2.36. The number of carbonyl (C=O) groups excluding carboxylic acids is 1. The predicted octanol–water partition coefficient (Wildman–Crippen LogP) is 1.72. The van der Waals surface area contributed by atoms with E-state index in [2.05, 4.69) is 17.2 Å². The van der Waals surface area contributed by atoms with E-state index >= 15 is 0 Å². The highest BCUT2D eigenvalue weighted by atomic mass is 32.2. The molecule has 0 radical (unpaired) electrons. The minimum Gasteiger partial charge on any atom is -0.320 e. The van der Waals surface area contributed by atoms with Crippen molar-refractivity contribution in [3.8, 4) is 0 Å². The fraction of sp³-hybridized carbons (Fsp3) is 0.600. The predicted molar refractivity (Wildman–Crippen MR) is 71.1 cm³/mol. The number of hydrogen-bond acceptors (Lipinski definition) is 5. The molecule has 1 rings (SSSR count). The molecule has 0 fully saturated rings. The smallest absolute Gasteiger partial charge is 0.243 e. The molecule has 0 saturated heterocycles. The Morgan fingerprint density at radius 2 is 2.50 bits per heavy atom. The molecule has 0 saturated carbocycles. The van der Waals surface area contributed by atoms with E-state index in [1.54, 1.807) is 18.0 Å². The minimum atomic E-state index is -0.443. The molecular weight excluding hydrogens is 242 g/mol. The van der Waals surface area contributed by atoms with Gasteiger partial charge < -0.3 is 11.1 Å². The molecule has 0 aliphatic carbocycles. The van der Waals surface area contributed by atoms with Crippen molar-refractivity contribution < 1.29 is 4.79 Å². The van der Waals surface area contributed by atoms with E-state index < -0.39 is 6.04 Å². The molecular formula is C10H17N3OS2. The molecule has 3 N–H and O–H groups in total. The van der Waals surface area contributed by atoms with Crippen molar-refractivity contribution in [1.29, 1.82) is 0 Å². The molecule has 0 aromatic carbocycles. The zero-order valence-electron chi connectivity index (χ0n) is 9.53. The number of thiazole rings is 1. The molecule has 1 amide bonds. The van der Waals surface area contributed by atoms with Crippen LogP contribution in [0.1, 0.15) is 18.2 Å². The fourth-order valence-corrected chi connectivity index (χ4v) is 2.35. The lowest BCUT2D eigenvalue weighted by Gasteiger charge is -2.09. The van der Waals surface area contributed by atoms with Crippen LogP contribution in [0.4, 0.5) is 5.13 Å². The molecule has 1 aromatic heterocycles. The number of rotatable bonds is 6. The van der Waals surface area contributed by atoms with Gasteiger partial charge in [-0.15, -0.1) is 11.3 Å². The second-order valence-electron chi connectivity index (χ2n) is 3.36. The third-order valence-electron chi connectivity index (χ3n) is 2.10. The number of nitrogens with two attached hydrogens (primary N) is 1. The Hall–Kier alpha value is -0.590. The molecule has 0 spiro atoms. The van der Waals surface area contributed by atoms with Crippen LogP contribution in [-0.4, -0.2) is 28.9 Å². The van der Waals surface area contributed by atoms with Gasteiger partial charge in [0.2, 0.25) is 5.91 Å². The number of nitrogens with zero attached hydrogens (tertiary/aromatic N) is 1. The molecule has 0 aliphatic heterocycles. The van der Waals surface area contributed by atoms with Crippen molar-refractivity contribution in [1.82, 2.24) is 4.98 Å². The Morgan fingerprint density at radius 3 is 3.06 bits per heavy atom. The van der Waals surface area contributed by atoms with Crippen LogP contribution in [0.25, 0.3) is 0 Å². The number of carbonyl (C=O) groups is 1. The minimum absolute atomic E-state index is 0.147. The second kappa shape index (κ2) is 6.88. The average Bonchev–Trinajstić information content (AvgIpc) is 2.73. The fourth-order valence-electron chi connectivity index (χ4n) is 1.10. The summed E-state index contributed by atoms with van der Waals surface area (Å²) in [6.07, 6.45) is 5.41. The monoisotopic (exact) mass is 259 g/mol. The van der Waals surface area contributed by atoms with Gasteiger partial charge in [0, 0.05) is 11.1 Å². The van der Waals surface area contributed by atoms with Crippen LogP contribution in [0.15, 0.2) is 6.20 Å². The lowest BCUT2D eigenvalue weighted by atomic mass is 10.2. The standard InChI is InChI=1S/C10H17N3OS2/c1-3-7-6-12-10(16-7)13-9(14)8(11)4-5-15-2/h6,8H,3-5,11H2,1-2H3,(H,12,13,14)/t8-/m0/s1. The first kappa shape index (κ1) is 13.5. The summed E-state index contributed by atoms with van der Waals surface area (Å²) < 4.78 is 0. The Morgan fingerprint density at radius 1 is 1.75 bits per heavy atom. The van der Waals surface area contributed by atoms with Gasteiger partial charge >= 0.3 is 0 Å². The SMILES string of the molecule is CCc1cnc(NC(=O)[C@@H](N)CCSC)s1. The number of aryl methyl sites for hydroxylation is 1. The van der Waals surface area contributed by atoms with E-state index in [0.29, 0.717) is 11.6 Å². The van der Waals surface area contributed by atoms with Gasteiger partial charge in [-0.2, -0.15) is 11.8 Å². The van der Waals surface area contributed by atoms with Crippen molar-refractivity contribution >= 4 is 34.1 Å². The van der Waals surface area contributed by atoms with Gasteiger partial charge in [-0.05, 0) is 24.9 Å². The molecule has 16 heavy (non-hydrogen) atoms. The van der Waals surface area contributed by atoms with Gasteiger partial charge in [0.25, 0.3) is 0 Å². The van der Waals surface area contributed by atoms with Crippen molar-refractivity contribution in [2.75, 3.05) is 17.3 Å². The van der Waals surface area contributed by atoms with Gasteiger partial charge in [0.05, 0.1) is 6.04 Å². The van der Waals surface area contributed by atoms with Crippen LogP contribution in [-0.2, 0) is 11.2 Å². The Kier molecular flexibility index (Phi) is 5.79. The maximum absolute atomic E-state index is 11.6. The number of nitrogens with one attached hydrogen (secondary N) is 1. The lowest BCUT2D eigenvalue weighted by molar-refractivity contribution is -0.117. The zero-order chi connectivity index (χ0) is 12.0. The van der Waals surface area contributed by atoms with Crippen molar-refractivity contribution in [2.24, 2.45) is 5.73 Å². The molecule has 4 nitrogen and oxygen atoms in total. The summed E-state index contributed by atoms with van der Waals surface area (Å²) in [5, 5.41) is 3.38. The van der Waals surface area contributed by atoms with Gasteiger partial charge in [0.15, 0.2) is 5.13 Å². The summed E-state index contributed by atoms with van der Waals surface area (Å²) in [5.74, 6) is 0.748. The van der Waals surface area contributed by atoms with Gasteiger partial charge in [0.1, 0.15) is 0 Å². The van der Waals surface area contributed by atoms with E-state index in [0.717, 1.165) is 17.1 Å². The van der Waals surface area contributed by atoms with E-state index in [-0.39, 0.29) is 5.91 Å². The first-order chi connectivity index (χ1) is 7.67. The Bertz CT molecular complexity index is 341. The van der Waals surface area contributed by atoms with E-state index in [1.165, 1.54) is 11.3 Å². The number of anilines is 1. The topological polar surface area (TPSA) is 68.0 Å². The number of aromatic nitrogens is 1. The molecule has 0 unspecified atom stereocenters. The number of hydrogen-bond donors (Lipinski definition) is 2. The van der Waals surface area contributed by atoms with Crippen molar-refractivity contribution in [3.05, 3.63) is 11.1 Å². The Balaban J connectivity index is 2.44. The quantitative estimate of drug-likeness (QED) is 0.816. The molecule has 1 atom stereocenters. The first-order valence-electron chi connectivity index (χ1n) is 5.17. The highest BCUT2D eigenvalue weighted by Crippen LogP contribution is 2.18. The van der Waals surface area contributed by atoms with Crippen LogP contribution in [0.3, 0.4) is 0 Å². The summed E-state index contributed by atoms with van der Waals surface area (Å²) in [5.41, 5.74) is 5.74. The van der Waals surface area contributed by atoms with Crippen LogP contribution in [0.5, 0.6) is 0 Å². The average molecular weight is 259 g/mol. The van der Waals surface area contributed by atoms with Crippen LogP contribution in [0.2, 0.25) is 0 Å². The molecule has 1 heterocycles. The van der Waals surface area contributed by atoms with Crippen molar-refractivity contribution in [3.63, 3.8) is 0 Å². The maximum atomic E-state index is 11.6. The van der Waals surface area contributed by atoms with Crippen molar-refractivity contribution in [2.45, 2.75) is 25.8 Å². The van der Waals surface area contributed by atoms with Crippen LogP contribution < -0.4 is 11.1 Å². The summed E-state index contributed by atoms with van der Waals surface area (Å²) in [4.78, 5) is 16.9. The summed E-state index contributed by atoms with van der Waals surface area (Å²) >= 11 is 3.19. The van der Waals surface area contributed by atoms with Crippen LogP contribution in [0, 0.1) is 0 Å².